The van der Waals surface area contributed by atoms with Crippen molar-refractivity contribution in [3.05, 3.63) is 75.1 Å². The first-order valence-corrected chi connectivity index (χ1v) is 11.2. The third kappa shape index (κ3) is 3.92. The van der Waals surface area contributed by atoms with Crippen LogP contribution in [0.1, 0.15) is 30.7 Å². The molecule has 0 radical (unpaired) electrons. The average Bonchev–Trinajstić information content (AvgIpc) is 3.27. The van der Waals surface area contributed by atoms with Crippen LogP contribution in [0.25, 0.3) is 21.8 Å². The Morgan fingerprint density at radius 2 is 1.88 bits per heavy atom. The third-order valence-electron chi connectivity index (χ3n) is 6.66. The summed E-state index contributed by atoms with van der Waals surface area (Å²) in [6.45, 7) is 1.60. The number of amides is 1. The smallest absolute Gasteiger partial charge is 0.328 e. The largest absolute Gasteiger partial charge is 0.497 e. The van der Waals surface area contributed by atoms with Gasteiger partial charge in [0.15, 0.2) is 0 Å². The second kappa shape index (κ2) is 8.61. The molecule has 0 saturated carbocycles. The standard InChI is InChI=1S/C25H26N4O4/c1-33-17-6-7-21-19(14-17)20(15-26-21)16-8-11-28(12-9-16)23(30)10-13-29-22-5-3-2-4-18(22)24(31)27-25(29)32/h2-7,14-16,26H,8-13H2,1H3,(H,27,31,32). The second-order valence-electron chi connectivity index (χ2n) is 8.49. The van der Waals surface area contributed by atoms with E-state index >= 15 is 0 Å². The summed E-state index contributed by atoms with van der Waals surface area (Å²) >= 11 is 0. The van der Waals surface area contributed by atoms with Crippen LogP contribution in [0.3, 0.4) is 0 Å². The minimum absolute atomic E-state index is 0.0243. The van der Waals surface area contributed by atoms with E-state index in [0.717, 1.165) is 24.1 Å². The third-order valence-corrected chi connectivity index (χ3v) is 6.66. The van der Waals surface area contributed by atoms with Crippen LogP contribution in [0.15, 0.2) is 58.3 Å². The fourth-order valence-electron chi connectivity index (χ4n) is 4.86. The first kappa shape index (κ1) is 21.1. The van der Waals surface area contributed by atoms with Gasteiger partial charge in [-0.05, 0) is 54.7 Å². The van der Waals surface area contributed by atoms with E-state index in [9.17, 15) is 14.4 Å². The molecule has 8 heteroatoms. The molecule has 170 valence electrons. The Morgan fingerprint density at radius 1 is 1.09 bits per heavy atom. The van der Waals surface area contributed by atoms with Gasteiger partial charge in [-0.2, -0.15) is 0 Å². The number of carbonyl (C=O) groups excluding carboxylic acids is 1. The maximum atomic E-state index is 12.9. The summed E-state index contributed by atoms with van der Waals surface area (Å²) in [6, 6.07) is 13.0. The lowest BCUT2D eigenvalue weighted by Crippen LogP contribution is -2.39. The monoisotopic (exact) mass is 446 g/mol. The van der Waals surface area contributed by atoms with Crippen molar-refractivity contribution in [2.45, 2.75) is 31.7 Å². The van der Waals surface area contributed by atoms with Gasteiger partial charge < -0.3 is 14.6 Å². The van der Waals surface area contributed by atoms with Gasteiger partial charge in [0, 0.05) is 43.2 Å². The summed E-state index contributed by atoms with van der Waals surface area (Å²) < 4.78 is 6.85. The van der Waals surface area contributed by atoms with Gasteiger partial charge >= 0.3 is 5.69 Å². The van der Waals surface area contributed by atoms with Crippen molar-refractivity contribution in [2.24, 2.45) is 0 Å². The molecule has 1 aliphatic heterocycles. The molecule has 1 fully saturated rings. The van der Waals surface area contributed by atoms with Crippen molar-refractivity contribution in [3.8, 4) is 5.75 Å². The summed E-state index contributed by atoms with van der Waals surface area (Å²) in [4.78, 5) is 44.8. The first-order valence-electron chi connectivity index (χ1n) is 11.2. The highest BCUT2D eigenvalue weighted by atomic mass is 16.5. The summed E-state index contributed by atoms with van der Waals surface area (Å²) in [5, 5.41) is 1.61. The summed E-state index contributed by atoms with van der Waals surface area (Å²) in [6.07, 6.45) is 4.06. The van der Waals surface area contributed by atoms with Crippen LogP contribution in [-0.2, 0) is 11.3 Å². The number of methoxy groups -OCH3 is 1. The SMILES string of the molecule is COc1ccc2[nH]cc(C3CCN(C(=O)CCn4c(=O)[nH]c(=O)c5ccccc54)CC3)c2c1. The van der Waals surface area contributed by atoms with E-state index in [0.29, 0.717) is 29.9 Å². The fraction of sp³-hybridized carbons (Fsp3) is 0.320. The number of aryl methyl sites for hydroxylation is 1. The van der Waals surface area contributed by atoms with Gasteiger partial charge in [0.1, 0.15) is 5.75 Å². The number of nitrogens with one attached hydrogen (secondary N) is 2. The number of likely N-dealkylation sites (tertiary alicyclic amines) is 1. The molecule has 1 saturated heterocycles. The van der Waals surface area contributed by atoms with Crippen molar-refractivity contribution in [1.29, 1.82) is 0 Å². The maximum Gasteiger partial charge on any atom is 0.328 e. The van der Waals surface area contributed by atoms with Crippen molar-refractivity contribution in [1.82, 2.24) is 19.4 Å². The van der Waals surface area contributed by atoms with E-state index < -0.39 is 11.2 Å². The van der Waals surface area contributed by atoms with Gasteiger partial charge in [-0.15, -0.1) is 0 Å². The van der Waals surface area contributed by atoms with Crippen LogP contribution in [0.4, 0.5) is 0 Å². The molecule has 8 nitrogen and oxygen atoms in total. The average molecular weight is 447 g/mol. The van der Waals surface area contributed by atoms with Crippen molar-refractivity contribution < 1.29 is 9.53 Å². The van der Waals surface area contributed by atoms with Crippen molar-refractivity contribution in [2.75, 3.05) is 20.2 Å². The zero-order chi connectivity index (χ0) is 22.9. The quantitative estimate of drug-likeness (QED) is 0.492. The molecule has 33 heavy (non-hydrogen) atoms. The second-order valence-corrected chi connectivity index (χ2v) is 8.49. The molecule has 2 aromatic heterocycles. The van der Waals surface area contributed by atoms with Gasteiger partial charge in [-0.3, -0.25) is 19.1 Å². The Bertz CT molecular complexity index is 1440. The number of nitrogens with zero attached hydrogens (tertiary/aromatic N) is 2. The number of benzene rings is 2. The number of piperidine rings is 1. The predicted molar refractivity (Wildman–Crippen MR) is 127 cm³/mol. The Morgan fingerprint density at radius 3 is 2.67 bits per heavy atom. The Labute approximate surface area is 189 Å². The maximum absolute atomic E-state index is 12.9. The van der Waals surface area contributed by atoms with Crippen LogP contribution in [-0.4, -0.2) is 45.5 Å². The molecule has 3 heterocycles. The van der Waals surface area contributed by atoms with Crippen LogP contribution < -0.4 is 16.0 Å². The Kier molecular flexibility index (Phi) is 5.50. The molecule has 0 unspecified atom stereocenters. The number of hydrogen-bond donors (Lipinski definition) is 2. The highest BCUT2D eigenvalue weighted by molar-refractivity contribution is 5.85. The number of fused-ring (bicyclic) bond motifs is 2. The van der Waals surface area contributed by atoms with Crippen molar-refractivity contribution in [3.63, 3.8) is 0 Å². The van der Waals surface area contributed by atoms with Crippen molar-refractivity contribution >= 4 is 27.7 Å². The van der Waals surface area contributed by atoms with Crippen LogP contribution >= 0.6 is 0 Å². The van der Waals surface area contributed by atoms with Gasteiger partial charge in [-0.25, -0.2) is 4.79 Å². The highest BCUT2D eigenvalue weighted by Crippen LogP contribution is 2.34. The molecule has 2 N–H and O–H groups in total. The molecule has 1 aliphatic rings. The lowest BCUT2D eigenvalue weighted by Gasteiger charge is -2.32. The van der Waals surface area contributed by atoms with E-state index in [-0.39, 0.29) is 18.9 Å². The van der Waals surface area contributed by atoms with E-state index in [4.69, 9.17) is 4.74 Å². The number of rotatable bonds is 5. The molecular formula is C25H26N4O4. The Balaban J connectivity index is 1.25. The zero-order valence-electron chi connectivity index (χ0n) is 18.5. The van der Waals surface area contributed by atoms with Crippen LogP contribution in [0.2, 0.25) is 0 Å². The van der Waals surface area contributed by atoms with E-state index in [1.54, 1.807) is 31.4 Å². The minimum atomic E-state index is -0.486. The molecule has 4 aromatic rings. The summed E-state index contributed by atoms with van der Waals surface area (Å²) in [5.41, 5.74) is 2.01. The number of para-hydroxylation sites is 1. The number of aromatic nitrogens is 3. The van der Waals surface area contributed by atoms with Gasteiger partial charge in [0.2, 0.25) is 5.91 Å². The molecule has 0 aliphatic carbocycles. The molecule has 0 spiro atoms. The van der Waals surface area contributed by atoms with Gasteiger partial charge in [0.25, 0.3) is 5.56 Å². The predicted octanol–water partition coefficient (Wildman–Crippen LogP) is 2.98. The van der Waals surface area contributed by atoms with Gasteiger partial charge in [-0.1, -0.05) is 12.1 Å². The lowest BCUT2D eigenvalue weighted by atomic mass is 9.89. The molecule has 0 bridgehead atoms. The number of carbonyl (C=O) groups is 1. The number of H-pyrrole nitrogens is 2. The molecular weight excluding hydrogens is 420 g/mol. The first-order chi connectivity index (χ1) is 16.0. The van der Waals surface area contributed by atoms with E-state index in [1.807, 2.05) is 17.0 Å². The number of hydrogen-bond acceptors (Lipinski definition) is 4. The zero-order valence-corrected chi connectivity index (χ0v) is 18.5. The summed E-state index contributed by atoms with van der Waals surface area (Å²) in [7, 11) is 1.67. The molecule has 1 amide bonds. The molecule has 2 aromatic carbocycles. The van der Waals surface area contributed by atoms with E-state index in [2.05, 4.69) is 22.2 Å². The fourth-order valence-corrected chi connectivity index (χ4v) is 4.86. The Hall–Kier alpha value is -3.81. The normalized spacial score (nSPS) is 14.8. The summed E-state index contributed by atoms with van der Waals surface area (Å²) in [5.74, 6) is 1.23. The van der Waals surface area contributed by atoms with Crippen LogP contribution in [0, 0.1) is 0 Å². The van der Waals surface area contributed by atoms with E-state index in [1.165, 1.54) is 15.5 Å². The van der Waals surface area contributed by atoms with Crippen LogP contribution in [0.5, 0.6) is 5.75 Å². The molecule has 5 rings (SSSR count). The lowest BCUT2D eigenvalue weighted by molar-refractivity contribution is -0.132. The number of aromatic amines is 2. The molecule has 0 atom stereocenters. The number of ether oxygens (including phenoxy) is 1. The van der Waals surface area contributed by atoms with Gasteiger partial charge in [0.05, 0.1) is 18.0 Å². The topological polar surface area (TPSA) is 100 Å². The highest BCUT2D eigenvalue weighted by Gasteiger charge is 2.25. The minimum Gasteiger partial charge on any atom is -0.497 e.